The van der Waals surface area contributed by atoms with Gasteiger partial charge in [0.25, 0.3) is 5.91 Å². The minimum Gasteiger partial charge on any atom is -0.368 e. The quantitative estimate of drug-likeness (QED) is 0.656. The van der Waals surface area contributed by atoms with Crippen molar-refractivity contribution < 1.29 is 14.0 Å². The molecule has 1 heterocycles. The van der Waals surface area contributed by atoms with Crippen molar-refractivity contribution in [1.82, 2.24) is 4.90 Å². The van der Waals surface area contributed by atoms with Crippen LogP contribution in [0.15, 0.2) is 72.8 Å². The Balaban J connectivity index is 1.30. The van der Waals surface area contributed by atoms with Crippen LogP contribution < -0.4 is 10.2 Å². The molecule has 32 heavy (non-hydrogen) atoms. The van der Waals surface area contributed by atoms with Crippen LogP contribution in [0.3, 0.4) is 0 Å². The van der Waals surface area contributed by atoms with Crippen LogP contribution in [-0.2, 0) is 11.2 Å². The van der Waals surface area contributed by atoms with Crippen LogP contribution in [0, 0.1) is 12.7 Å². The van der Waals surface area contributed by atoms with Gasteiger partial charge in [0.15, 0.2) is 0 Å². The third-order valence-corrected chi connectivity index (χ3v) is 5.65. The number of carbonyl (C=O) groups is 2. The maximum atomic E-state index is 13.3. The summed E-state index contributed by atoms with van der Waals surface area (Å²) in [4.78, 5) is 29.1. The molecule has 5 nitrogen and oxygen atoms in total. The molecular formula is C26H26FN3O2. The van der Waals surface area contributed by atoms with Gasteiger partial charge in [-0.1, -0.05) is 35.9 Å². The average molecular weight is 432 g/mol. The lowest BCUT2D eigenvalue weighted by Gasteiger charge is -2.36. The zero-order valence-electron chi connectivity index (χ0n) is 18.1. The fourth-order valence-corrected chi connectivity index (χ4v) is 3.91. The van der Waals surface area contributed by atoms with Crippen molar-refractivity contribution in [3.05, 3.63) is 95.3 Å². The van der Waals surface area contributed by atoms with E-state index < -0.39 is 5.82 Å². The van der Waals surface area contributed by atoms with Crippen molar-refractivity contribution in [3.63, 3.8) is 0 Å². The van der Waals surface area contributed by atoms with Crippen LogP contribution in [-0.4, -0.2) is 42.9 Å². The molecule has 4 rings (SSSR count). The van der Waals surface area contributed by atoms with Gasteiger partial charge in [-0.15, -0.1) is 0 Å². The van der Waals surface area contributed by atoms with Gasteiger partial charge < -0.3 is 15.1 Å². The van der Waals surface area contributed by atoms with Crippen LogP contribution >= 0.6 is 0 Å². The maximum Gasteiger partial charge on any atom is 0.255 e. The summed E-state index contributed by atoms with van der Waals surface area (Å²) in [6.45, 7) is 4.92. The van der Waals surface area contributed by atoms with Crippen LogP contribution in [0.25, 0.3) is 0 Å². The molecular weight excluding hydrogens is 405 g/mol. The van der Waals surface area contributed by atoms with Crippen LogP contribution in [0.5, 0.6) is 0 Å². The third-order valence-electron chi connectivity index (χ3n) is 5.65. The first-order valence-corrected chi connectivity index (χ1v) is 10.7. The molecule has 2 amide bonds. The van der Waals surface area contributed by atoms with Crippen LogP contribution in [0.1, 0.15) is 21.5 Å². The van der Waals surface area contributed by atoms with Gasteiger partial charge in [-0.25, -0.2) is 4.39 Å². The van der Waals surface area contributed by atoms with Gasteiger partial charge in [0.2, 0.25) is 5.91 Å². The molecule has 1 aliphatic heterocycles. The number of piperazine rings is 1. The molecule has 1 N–H and O–H groups in total. The molecule has 1 fully saturated rings. The smallest absolute Gasteiger partial charge is 0.255 e. The zero-order chi connectivity index (χ0) is 22.5. The van der Waals surface area contributed by atoms with E-state index in [1.807, 2.05) is 54.3 Å². The summed E-state index contributed by atoms with van der Waals surface area (Å²) < 4.78 is 13.3. The number of benzene rings is 3. The maximum absolute atomic E-state index is 13.3. The zero-order valence-corrected chi connectivity index (χ0v) is 18.1. The predicted octanol–water partition coefficient (Wildman–Crippen LogP) is 4.28. The summed E-state index contributed by atoms with van der Waals surface area (Å²) >= 11 is 0. The molecule has 3 aromatic rings. The molecule has 0 unspecified atom stereocenters. The summed E-state index contributed by atoms with van der Waals surface area (Å²) in [6.07, 6.45) is 0.432. The lowest BCUT2D eigenvalue weighted by Crippen LogP contribution is -2.49. The topological polar surface area (TPSA) is 52.7 Å². The van der Waals surface area contributed by atoms with Crippen LogP contribution in [0.2, 0.25) is 0 Å². The summed E-state index contributed by atoms with van der Waals surface area (Å²) in [7, 11) is 0. The highest BCUT2D eigenvalue weighted by atomic mass is 19.1. The number of nitrogens with zero attached hydrogens (tertiary/aromatic N) is 2. The Morgan fingerprint density at radius 3 is 2.31 bits per heavy atom. The van der Waals surface area contributed by atoms with E-state index in [4.69, 9.17) is 0 Å². The second-order valence-electron chi connectivity index (χ2n) is 8.05. The van der Waals surface area contributed by atoms with Gasteiger partial charge in [-0.05, 0) is 55.0 Å². The molecule has 1 aliphatic rings. The Labute approximate surface area is 187 Å². The van der Waals surface area contributed by atoms with E-state index in [0.717, 1.165) is 29.9 Å². The minimum atomic E-state index is -0.440. The number of nitrogens with one attached hydrogen (secondary N) is 1. The molecule has 1 saturated heterocycles. The SMILES string of the molecule is Cc1cccc(CC(=O)N2CCN(c3ccc(NC(=O)c4cccc(F)c4)cc3)CC2)c1. The summed E-state index contributed by atoms with van der Waals surface area (Å²) in [5, 5.41) is 2.79. The predicted molar refractivity (Wildman–Crippen MR) is 124 cm³/mol. The molecule has 0 spiro atoms. The standard InChI is InChI=1S/C26H26FN3O2/c1-19-4-2-5-20(16-19)17-25(31)30-14-12-29(13-15-30)24-10-8-23(9-11-24)28-26(32)21-6-3-7-22(27)18-21/h2-11,16,18H,12-15,17H2,1H3,(H,28,32). The molecule has 0 aromatic heterocycles. The Hall–Kier alpha value is -3.67. The number of hydrogen-bond donors (Lipinski definition) is 1. The second-order valence-corrected chi connectivity index (χ2v) is 8.05. The largest absolute Gasteiger partial charge is 0.368 e. The fraction of sp³-hybridized carbons (Fsp3) is 0.231. The van der Waals surface area contributed by atoms with E-state index in [1.165, 1.54) is 18.2 Å². The first-order chi connectivity index (χ1) is 15.5. The lowest BCUT2D eigenvalue weighted by atomic mass is 10.1. The van der Waals surface area contributed by atoms with Gasteiger partial charge in [-0.3, -0.25) is 9.59 Å². The Bertz CT molecular complexity index is 1110. The van der Waals surface area contributed by atoms with E-state index in [1.54, 1.807) is 6.07 Å². The van der Waals surface area contributed by atoms with E-state index in [9.17, 15) is 14.0 Å². The van der Waals surface area contributed by atoms with Crippen molar-refractivity contribution in [3.8, 4) is 0 Å². The van der Waals surface area contributed by atoms with Gasteiger partial charge >= 0.3 is 0 Å². The number of amides is 2. The van der Waals surface area contributed by atoms with E-state index >= 15 is 0 Å². The van der Waals surface area contributed by atoms with Crippen molar-refractivity contribution in [2.75, 3.05) is 36.4 Å². The second kappa shape index (κ2) is 9.64. The Morgan fingerprint density at radius 2 is 1.62 bits per heavy atom. The average Bonchev–Trinajstić information content (AvgIpc) is 2.80. The van der Waals surface area contributed by atoms with E-state index in [2.05, 4.69) is 16.3 Å². The normalized spacial score (nSPS) is 13.7. The highest BCUT2D eigenvalue weighted by molar-refractivity contribution is 6.04. The molecule has 3 aromatic carbocycles. The van der Waals surface area contributed by atoms with Gasteiger partial charge in [0, 0.05) is 43.1 Å². The molecule has 164 valence electrons. The Kier molecular flexibility index (Phi) is 6.50. The number of hydrogen-bond acceptors (Lipinski definition) is 3. The molecule has 0 saturated carbocycles. The molecule has 0 bridgehead atoms. The number of anilines is 2. The monoisotopic (exact) mass is 431 g/mol. The molecule has 6 heteroatoms. The summed E-state index contributed by atoms with van der Waals surface area (Å²) in [5.41, 5.74) is 4.18. The lowest BCUT2D eigenvalue weighted by molar-refractivity contribution is -0.130. The number of aryl methyl sites for hydroxylation is 1. The van der Waals surface area contributed by atoms with Gasteiger partial charge in [0.05, 0.1) is 6.42 Å². The van der Waals surface area contributed by atoms with E-state index in [0.29, 0.717) is 25.2 Å². The Morgan fingerprint density at radius 1 is 0.906 bits per heavy atom. The number of rotatable bonds is 5. The van der Waals surface area contributed by atoms with Gasteiger partial charge in [-0.2, -0.15) is 0 Å². The van der Waals surface area contributed by atoms with Crippen molar-refractivity contribution in [1.29, 1.82) is 0 Å². The molecule has 0 atom stereocenters. The molecule has 0 aliphatic carbocycles. The van der Waals surface area contributed by atoms with Gasteiger partial charge in [0.1, 0.15) is 5.82 Å². The van der Waals surface area contributed by atoms with E-state index in [-0.39, 0.29) is 17.4 Å². The summed E-state index contributed by atoms with van der Waals surface area (Å²) in [6, 6.07) is 21.3. The first kappa shape index (κ1) is 21.6. The first-order valence-electron chi connectivity index (χ1n) is 10.7. The number of halogens is 1. The summed E-state index contributed by atoms with van der Waals surface area (Å²) in [5.74, 6) is -0.631. The molecule has 0 radical (unpaired) electrons. The van der Waals surface area contributed by atoms with Crippen LogP contribution in [0.4, 0.5) is 15.8 Å². The van der Waals surface area contributed by atoms with Crippen molar-refractivity contribution >= 4 is 23.2 Å². The minimum absolute atomic E-state index is 0.158. The van der Waals surface area contributed by atoms with Crippen molar-refractivity contribution in [2.24, 2.45) is 0 Å². The number of carbonyl (C=O) groups excluding carboxylic acids is 2. The highest BCUT2D eigenvalue weighted by Gasteiger charge is 2.21. The third kappa shape index (κ3) is 5.32. The highest BCUT2D eigenvalue weighted by Crippen LogP contribution is 2.20. The van der Waals surface area contributed by atoms with Crippen molar-refractivity contribution in [2.45, 2.75) is 13.3 Å². The fourth-order valence-electron chi connectivity index (χ4n) is 3.91.